The van der Waals surface area contributed by atoms with Crippen LogP contribution in [-0.2, 0) is 13.6 Å². The summed E-state index contributed by atoms with van der Waals surface area (Å²) >= 11 is 5.11. The van der Waals surface area contributed by atoms with E-state index < -0.39 is 0 Å². The fourth-order valence-electron chi connectivity index (χ4n) is 2.27. The molecule has 0 spiro atoms. The van der Waals surface area contributed by atoms with Gasteiger partial charge >= 0.3 is 0 Å². The molecule has 0 unspecified atom stereocenters. The maximum absolute atomic E-state index is 12.6. The minimum absolute atomic E-state index is 0.00329. The number of hydrogen-bond donors (Lipinski definition) is 1. The van der Waals surface area contributed by atoms with Crippen LogP contribution in [0.1, 0.15) is 24.6 Å². The molecule has 2 heterocycles. The highest BCUT2D eigenvalue weighted by atomic mass is 32.1. The molecule has 1 N–H and O–H groups in total. The number of pyridine rings is 1. The average molecular weight is 278 g/mol. The number of rotatable bonds is 3. The molecule has 5 nitrogen and oxygen atoms in total. The summed E-state index contributed by atoms with van der Waals surface area (Å²) in [5.74, 6) is 0.595. The van der Waals surface area contributed by atoms with Crippen molar-refractivity contribution in [2.75, 3.05) is 0 Å². The van der Waals surface area contributed by atoms with Crippen LogP contribution in [0.15, 0.2) is 10.9 Å². The lowest BCUT2D eigenvalue weighted by Gasteiger charge is -2.13. The first kappa shape index (κ1) is 13.7. The molecule has 2 aromatic heterocycles. The summed E-state index contributed by atoms with van der Waals surface area (Å²) in [7, 11) is 1.81. The molecular weight excluding hydrogens is 260 g/mol. The molecule has 0 amide bonds. The Bertz CT molecular complexity index is 723. The summed E-state index contributed by atoms with van der Waals surface area (Å²) in [6, 6.07) is 2.02. The number of nitrogens with one attached hydrogen (secondary N) is 1. The Labute approximate surface area is 116 Å². The van der Waals surface area contributed by atoms with Crippen LogP contribution in [0, 0.1) is 18.6 Å². The third kappa shape index (κ3) is 2.28. The average Bonchev–Trinajstić information content (AvgIpc) is 2.66. The fraction of sp³-hybridized carbons (Fsp3) is 0.462. The molecule has 0 bridgehead atoms. The molecule has 0 atom stereocenters. The van der Waals surface area contributed by atoms with Gasteiger partial charge in [-0.3, -0.25) is 9.89 Å². The smallest absolute Gasteiger partial charge is 0.262 e. The van der Waals surface area contributed by atoms with Crippen LogP contribution in [0.4, 0.5) is 0 Å². The lowest BCUT2D eigenvalue weighted by Crippen LogP contribution is -2.25. The van der Waals surface area contributed by atoms with Gasteiger partial charge in [0.05, 0.1) is 5.56 Å². The standard InChI is InChI=1S/C13H18N4OS/c1-5-6-17-9(3)7-8(2)10(12(17)18)11-14-15-13(19)16(11)4/h7H,5-6H2,1-4H3,(H,15,19). The molecule has 0 fully saturated rings. The topological polar surface area (TPSA) is 55.6 Å². The molecule has 102 valence electrons. The lowest BCUT2D eigenvalue weighted by atomic mass is 10.1. The first-order chi connectivity index (χ1) is 8.97. The van der Waals surface area contributed by atoms with Gasteiger partial charge in [0.1, 0.15) is 0 Å². The third-order valence-electron chi connectivity index (χ3n) is 3.26. The summed E-state index contributed by atoms with van der Waals surface area (Å²) in [4.78, 5) is 12.6. The van der Waals surface area contributed by atoms with Crippen LogP contribution in [0.2, 0.25) is 0 Å². The van der Waals surface area contributed by atoms with Crippen molar-refractivity contribution in [1.82, 2.24) is 19.3 Å². The third-order valence-corrected chi connectivity index (χ3v) is 3.62. The molecule has 0 aliphatic rings. The van der Waals surface area contributed by atoms with Crippen molar-refractivity contribution in [3.8, 4) is 11.4 Å². The number of aromatic amines is 1. The van der Waals surface area contributed by atoms with Gasteiger partial charge in [0.25, 0.3) is 5.56 Å². The SMILES string of the molecule is CCCn1c(C)cc(C)c(-c2n[nH]c(=S)n2C)c1=O. The Morgan fingerprint density at radius 2 is 2.11 bits per heavy atom. The summed E-state index contributed by atoms with van der Waals surface area (Å²) in [5, 5.41) is 6.89. The van der Waals surface area contributed by atoms with Gasteiger partial charge in [-0.15, -0.1) is 0 Å². The number of H-pyrrole nitrogens is 1. The van der Waals surface area contributed by atoms with E-state index in [1.54, 1.807) is 9.13 Å². The van der Waals surface area contributed by atoms with Gasteiger partial charge in [0.15, 0.2) is 10.6 Å². The molecule has 0 saturated heterocycles. The molecule has 2 rings (SSSR count). The first-order valence-electron chi connectivity index (χ1n) is 6.30. The molecule has 2 aromatic rings. The van der Waals surface area contributed by atoms with Crippen LogP contribution in [-0.4, -0.2) is 19.3 Å². The highest BCUT2D eigenvalue weighted by Crippen LogP contribution is 2.18. The van der Waals surface area contributed by atoms with Crippen molar-refractivity contribution in [2.24, 2.45) is 7.05 Å². The van der Waals surface area contributed by atoms with Crippen molar-refractivity contribution >= 4 is 12.2 Å². The molecule has 0 aliphatic heterocycles. The number of aryl methyl sites for hydroxylation is 2. The summed E-state index contributed by atoms with van der Waals surface area (Å²) in [6.07, 6.45) is 0.919. The lowest BCUT2D eigenvalue weighted by molar-refractivity contribution is 0.634. The summed E-state index contributed by atoms with van der Waals surface area (Å²) in [6.45, 7) is 6.66. The molecule has 19 heavy (non-hydrogen) atoms. The maximum Gasteiger partial charge on any atom is 0.262 e. The zero-order valence-corrected chi connectivity index (χ0v) is 12.5. The molecular formula is C13H18N4OS. The highest BCUT2D eigenvalue weighted by molar-refractivity contribution is 7.71. The molecule has 0 radical (unpaired) electrons. The van der Waals surface area contributed by atoms with Crippen LogP contribution in [0.3, 0.4) is 0 Å². The van der Waals surface area contributed by atoms with Gasteiger partial charge in [0.2, 0.25) is 0 Å². The second-order valence-electron chi connectivity index (χ2n) is 4.71. The first-order valence-corrected chi connectivity index (χ1v) is 6.71. The van der Waals surface area contributed by atoms with Crippen molar-refractivity contribution in [3.63, 3.8) is 0 Å². The van der Waals surface area contributed by atoms with Gasteiger partial charge in [-0.2, -0.15) is 5.10 Å². The van der Waals surface area contributed by atoms with Crippen molar-refractivity contribution in [1.29, 1.82) is 0 Å². The Morgan fingerprint density at radius 3 is 2.63 bits per heavy atom. The van der Waals surface area contributed by atoms with Gasteiger partial charge < -0.3 is 9.13 Å². The van der Waals surface area contributed by atoms with E-state index in [-0.39, 0.29) is 5.56 Å². The predicted molar refractivity (Wildman–Crippen MR) is 77.9 cm³/mol. The molecule has 6 heteroatoms. The quantitative estimate of drug-likeness (QED) is 0.877. The second kappa shape index (κ2) is 5.13. The van der Waals surface area contributed by atoms with E-state index in [1.165, 1.54) is 0 Å². The molecule has 0 aliphatic carbocycles. The van der Waals surface area contributed by atoms with E-state index in [9.17, 15) is 4.79 Å². The minimum Gasteiger partial charge on any atom is -0.312 e. The molecule has 0 aromatic carbocycles. The van der Waals surface area contributed by atoms with Crippen LogP contribution >= 0.6 is 12.2 Å². The van der Waals surface area contributed by atoms with Crippen molar-refractivity contribution < 1.29 is 0 Å². The monoisotopic (exact) mass is 278 g/mol. The van der Waals surface area contributed by atoms with Crippen LogP contribution in [0.5, 0.6) is 0 Å². The summed E-state index contributed by atoms with van der Waals surface area (Å²) in [5.41, 5.74) is 2.52. The van der Waals surface area contributed by atoms with E-state index >= 15 is 0 Å². The van der Waals surface area contributed by atoms with Crippen molar-refractivity contribution in [2.45, 2.75) is 33.7 Å². The molecule has 0 saturated carbocycles. The Balaban J connectivity index is 2.77. The second-order valence-corrected chi connectivity index (χ2v) is 5.10. The van der Waals surface area contributed by atoms with Crippen LogP contribution < -0.4 is 5.56 Å². The number of nitrogens with zero attached hydrogens (tertiary/aromatic N) is 3. The Morgan fingerprint density at radius 1 is 1.42 bits per heavy atom. The Kier molecular flexibility index (Phi) is 3.71. The number of aromatic nitrogens is 4. The van der Waals surface area contributed by atoms with E-state index in [4.69, 9.17) is 12.2 Å². The zero-order chi connectivity index (χ0) is 14.2. The van der Waals surface area contributed by atoms with Crippen LogP contribution in [0.25, 0.3) is 11.4 Å². The van der Waals surface area contributed by atoms with E-state index in [0.29, 0.717) is 22.7 Å². The summed E-state index contributed by atoms with van der Waals surface area (Å²) < 4.78 is 4.03. The van der Waals surface area contributed by atoms with E-state index in [1.807, 2.05) is 27.0 Å². The minimum atomic E-state index is -0.00329. The number of hydrogen-bond acceptors (Lipinski definition) is 3. The van der Waals surface area contributed by atoms with Gasteiger partial charge in [0, 0.05) is 19.3 Å². The van der Waals surface area contributed by atoms with E-state index in [2.05, 4.69) is 17.1 Å². The highest BCUT2D eigenvalue weighted by Gasteiger charge is 2.16. The maximum atomic E-state index is 12.6. The van der Waals surface area contributed by atoms with Gasteiger partial charge in [-0.05, 0) is 44.1 Å². The Hall–Kier alpha value is -1.69. The largest absolute Gasteiger partial charge is 0.312 e. The predicted octanol–water partition coefficient (Wildman–Crippen LogP) is 2.33. The van der Waals surface area contributed by atoms with Gasteiger partial charge in [-0.1, -0.05) is 6.92 Å². The van der Waals surface area contributed by atoms with E-state index in [0.717, 1.165) is 17.7 Å². The van der Waals surface area contributed by atoms with Gasteiger partial charge in [-0.25, -0.2) is 0 Å². The zero-order valence-electron chi connectivity index (χ0n) is 11.6. The fourth-order valence-corrected chi connectivity index (χ4v) is 2.40. The normalized spacial score (nSPS) is 10.9. The van der Waals surface area contributed by atoms with Crippen molar-refractivity contribution in [3.05, 3.63) is 32.4 Å².